The number of nitrogens with one attached hydrogen (secondary N) is 1. The standard InChI is InChI=1S/C15H15BrN4O2/c1-19(2)15-8-3-11(9-14(15)16)10-17-18-12-4-6-13(7-5-12)20(21)22/h3-10,18H,1-2H3/b17-10+. The lowest BCUT2D eigenvalue weighted by Crippen LogP contribution is -2.09. The topological polar surface area (TPSA) is 70.8 Å². The molecule has 0 amide bonds. The number of halogens is 1. The normalized spacial score (nSPS) is 10.7. The highest BCUT2D eigenvalue weighted by atomic mass is 79.9. The first-order chi connectivity index (χ1) is 10.5. The Kier molecular flexibility index (Phi) is 5.11. The Morgan fingerprint density at radius 3 is 2.45 bits per heavy atom. The van der Waals surface area contributed by atoms with E-state index in [-0.39, 0.29) is 5.69 Å². The highest BCUT2D eigenvalue weighted by Crippen LogP contribution is 2.25. The van der Waals surface area contributed by atoms with Gasteiger partial charge in [-0.1, -0.05) is 6.07 Å². The molecule has 0 unspecified atom stereocenters. The van der Waals surface area contributed by atoms with E-state index in [1.54, 1.807) is 18.3 Å². The van der Waals surface area contributed by atoms with Crippen LogP contribution in [0.15, 0.2) is 52.0 Å². The van der Waals surface area contributed by atoms with E-state index in [1.807, 2.05) is 37.2 Å². The number of nitrogens with zero attached hydrogens (tertiary/aromatic N) is 3. The fourth-order valence-corrected chi connectivity index (χ4v) is 2.56. The first-order valence-corrected chi connectivity index (χ1v) is 7.27. The van der Waals surface area contributed by atoms with Gasteiger partial charge in [-0.3, -0.25) is 15.5 Å². The van der Waals surface area contributed by atoms with E-state index in [1.165, 1.54) is 12.1 Å². The van der Waals surface area contributed by atoms with Crippen molar-refractivity contribution in [3.63, 3.8) is 0 Å². The van der Waals surface area contributed by atoms with E-state index in [4.69, 9.17) is 0 Å². The van der Waals surface area contributed by atoms with Gasteiger partial charge in [0.15, 0.2) is 0 Å². The van der Waals surface area contributed by atoms with Crippen molar-refractivity contribution in [2.75, 3.05) is 24.4 Å². The van der Waals surface area contributed by atoms with Crippen LogP contribution in [0.3, 0.4) is 0 Å². The smallest absolute Gasteiger partial charge is 0.269 e. The predicted octanol–water partition coefficient (Wildman–Crippen LogP) is 3.87. The highest BCUT2D eigenvalue weighted by Gasteiger charge is 2.03. The van der Waals surface area contributed by atoms with Gasteiger partial charge < -0.3 is 4.90 Å². The third-order valence-electron chi connectivity index (χ3n) is 2.94. The largest absolute Gasteiger partial charge is 0.377 e. The van der Waals surface area contributed by atoms with Crippen LogP contribution in [0.25, 0.3) is 0 Å². The average Bonchev–Trinajstić information content (AvgIpc) is 2.47. The predicted molar refractivity (Wildman–Crippen MR) is 92.8 cm³/mol. The summed E-state index contributed by atoms with van der Waals surface area (Å²) in [7, 11) is 3.95. The van der Waals surface area contributed by atoms with Crippen LogP contribution in [0.2, 0.25) is 0 Å². The maximum atomic E-state index is 10.6. The van der Waals surface area contributed by atoms with Gasteiger partial charge in [0.05, 0.1) is 22.5 Å². The van der Waals surface area contributed by atoms with Gasteiger partial charge in [0.2, 0.25) is 0 Å². The molecule has 1 N–H and O–H groups in total. The maximum Gasteiger partial charge on any atom is 0.269 e. The molecular formula is C15H15BrN4O2. The van der Waals surface area contributed by atoms with E-state index >= 15 is 0 Å². The van der Waals surface area contributed by atoms with Crippen LogP contribution >= 0.6 is 15.9 Å². The third kappa shape index (κ3) is 4.05. The number of anilines is 2. The molecular weight excluding hydrogens is 348 g/mol. The molecule has 0 saturated carbocycles. The Hall–Kier alpha value is -2.41. The second-order valence-corrected chi connectivity index (χ2v) is 5.63. The minimum Gasteiger partial charge on any atom is -0.377 e. The van der Waals surface area contributed by atoms with Crippen molar-refractivity contribution in [1.82, 2.24) is 0 Å². The summed E-state index contributed by atoms with van der Waals surface area (Å²) in [5.41, 5.74) is 5.60. The first-order valence-electron chi connectivity index (χ1n) is 6.48. The summed E-state index contributed by atoms with van der Waals surface area (Å²) < 4.78 is 0.983. The molecule has 0 saturated heterocycles. The van der Waals surface area contributed by atoms with Gasteiger partial charge >= 0.3 is 0 Å². The Bertz CT molecular complexity index is 699. The Morgan fingerprint density at radius 2 is 1.91 bits per heavy atom. The zero-order valence-corrected chi connectivity index (χ0v) is 13.7. The lowest BCUT2D eigenvalue weighted by Gasteiger charge is -2.14. The summed E-state index contributed by atoms with van der Waals surface area (Å²) in [6.07, 6.45) is 1.69. The summed E-state index contributed by atoms with van der Waals surface area (Å²) >= 11 is 3.52. The van der Waals surface area contributed by atoms with Gasteiger partial charge in [-0.05, 0) is 45.8 Å². The van der Waals surface area contributed by atoms with Crippen LogP contribution in [0.1, 0.15) is 5.56 Å². The molecule has 0 fully saturated rings. The fraction of sp³-hybridized carbons (Fsp3) is 0.133. The molecule has 0 aliphatic heterocycles. The number of benzene rings is 2. The molecule has 2 aromatic rings. The number of nitro groups is 1. The minimum atomic E-state index is -0.434. The summed E-state index contributed by atoms with van der Waals surface area (Å²) in [5.74, 6) is 0. The van der Waals surface area contributed by atoms with Gasteiger partial charge in [0.1, 0.15) is 0 Å². The molecule has 0 radical (unpaired) electrons. The zero-order chi connectivity index (χ0) is 16.1. The van der Waals surface area contributed by atoms with Crippen LogP contribution < -0.4 is 10.3 Å². The first kappa shape index (κ1) is 16.0. The van der Waals surface area contributed by atoms with Crippen LogP contribution in [0, 0.1) is 10.1 Å². The molecule has 2 rings (SSSR count). The minimum absolute atomic E-state index is 0.0535. The zero-order valence-electron chi connectivity index (χ0n) is 12.2. The molecule has 0 atom stereocenters. The van der Waals surface area contributed by atoms with Crippen molar-refractivity contribution in [3.05, 3.63) is 62.6 Å². The van der Waals surface area contributed by atoms with Crippen LogP contribution in [0.4, 0.5) is 17.1 Å². The highest BCUT2D eigenvalue weighted by molar-refractivity contribution is 9.10. The molecule has 22 heavy (non-hydrogen) atoms. The van der Waals surface area contributed by atoms with Crippen LogP contribution in [-0.4, -0.2) is 25.2 Å². The van der Waals surface area contributed by atoms with Crippen molar-refractivity contribution in [2.24, 2.45) is 5.10 Å². The van der Waals surface area contributed by atoms with Gasteiger partial charge in [0.25, 0.3) is 5.69 Å². The second kappa shape index (κ2) is 7.04. The van der Waals surface area contributed by atoms with Crippen LogP contribution in [-0.2, 0) is 0 Å². The van der Waals surface area contributed by atoms with E-state index in [2.05, 4.69) is 26.5 Å². The van der Waals surface area contributed by atoms with Gasteiger partial charge in [-0.15, -0.1) is 0 Å². The number of nitro benzene ring substituents is 1. The van der Waals surface area contributed by atoms with E-state index < -0.39 is 4.92 Å². The van der Waals surface area contributed by atoms with Gasteiger partial charge in [-0.2, -0.15) is 5.10 Å². The molecule has 6 nitrogen and oxygen atoms in total. The number of non-ortho nitro benzene ring substituents is 1. The number of hydrogen-bond acceptors (Lipinski definition) is 5. The van der Waals surface area contributed by atoms with Gasteiger partial charge in [-0.25, -0.2) is 0 Å². The number of rotatable bonds is 5. The summed E-state index contributed by atoms with van der Waals surface area (Å²) in [6, 6.07) is 12.0. The Balaban J connectivity index is 2.03. The van der Waals surface area contributed by atoms with Crippen molar-refractivity contribution >= 4 is 39.2 Å². The van der Waals surface area contributed by atoms with Crippen molar-refractivity contribution in [2.45, 2.75) is 0 Å². The lowest BCUT2D eigenvalue weighted by molar-refractivity contribution is -0.384. The number of hydrazone groups is 1. The van der Waals surface area contributed by atoms with Crippen molar-refractivity contribution < 1.29 is 4.92 Å². The molecule has 0 bridgehead atoms. The fourth-order valence-electron chi connectivity index (χ4n) is 1.81. The lowest BCUT2D eigenvalue weighted by atomic mass is 10.2. The summed E-state index contributed by atoms with van der Waals surface area (Å²) in [5, 5.41) is 14.7. The summed E-state index contributed by atoms with van der Waals surface area (Å²) in [4.78, 5) is 12.1. The van der Waals surface area contributed by atoms with E-state index in [0.29, 0.717) is 5.69 Å². The maximum absolute atomic E-state index is 10.6. The molecule has 7 heteroatoms. The quantitative estimate of drug-likeness (QED) is 0.497. The van der Waals surface area contributed by atoms with Crippen molar-refractivity contribution in [1.29, 1.82) is 0 Å². The monoisotopic (exact) mass is 362 g/mol. The molecule has 0 heterocycles. The Morgan fingerprint density at radius 1 is 1.23 bits per heavy atom. The molecule has 0 aliphatic carbocycles. The van der Waals surface area contributed by atoms with Crippen molar-refractivity contribution in [3.8, 4) is 0 Å². The molecule has 114 valence electrons. The number of hydrogen-bond donors (Lipinski definition) is 1. The Labute approximate surface area is 136 Å². The molecule has 0 aliphatic rings. The molecule has 0 spiro atoms. The second-order valence-electron chi connectivity index (χ2n) is 4.78. The average molecular weight is 363 g/mol. The molecule has 0 aromatic heterocycles. The van der Waals surface area contributed by atoms with Gasteiger partial charge in [0, 0.05) is 30.7 Å². The molecule has 2 aromatic carbocycles. The third-order valence-corrected chi connectivity index (χ3v) is 3.57. The van der Waals surface area contributed by atoms with E-state index in [0.717, 1.165) is 15.7 Å². The van der Waals surface area contributed by atoms with Crippen LogP contribution in [0.5, 0.6) is 0 Å². The van der Waals surface area contributed by atoms with E-state index in [9.17, 15) is 10.1 Å². The summed E-state index contributed by atoms with van der Waals surface area (Å²) in [6.45, 7) is 0. The SMILES string of the molecule is CN(C)c1ccc(/C=N/Nc2ccc([N+](=O)[O-])cc2)cc1Br.